The number of hydrogen-bond donors (Lipinski definition) is 1. The van der Waals surface area contributed by atoms with Crippen molar-refractivity contribution in [1.82, 2.24) is 14.9 Å². The van der Waals surface area contributed by atoms with E-state index in [2.05, 4.69) is 15.3 Å². The van der Waals surface area contributed by atoms with E-state index >= 15 is 0 Å². The molecule has 138 valence electrons. The molecule has 0 aliphatic rings. The standard InChI is InChI=1S/C17H14ClN5O3S/c1-2-26-14-5-3-4-11(9-14)16-20-21-17(27)22(16)19-10-12-8-13(23(24)25)6-7-15(12)18/h3-10H,2H2,1H3,(H,21,27)/b19-10+. The van der Waals surface area contributed by atoms with Gasteiger partial charge < -0.3 is 4.74 Å². The Hall–Kier alpha value is -3.04. The number of nitro groups is 1. The zero-order valence-corrected chi connectivity index (χ0v) is 15.7. The molecule has 0 bridgehead atoms. The van der Waals surface area contributed by atoms with Crippen LogP contribution in [-0.4, -0.2) is 32.6 Å². The zero-order valence-electron chi connectivity index (χ0n) is 14.1. The summed E-state index contributed by atoms with van der Waals surface area (Å²) < 4.78 is 7.18. The lowest BCUT2D eigenvalue weighted by molar-refractivity contribution is -0.384. The highest BCUT2D eigenvalue weighted by Crippen LogP contribution is 2.24. The Kier molecular flexibility index (Phi) is 5.63. The van der Waals surface area contributed by atoms with E-state index in [4.69, 9.17) is 28.6 Å². The fraction of sp³-hybridized carbons (Fsp3) is 0.118. The molecule has 3 rings (SSSR count). The van der Waals surface area contributed by atoms with Crippen LogP contribution in [0.3, 0.4) is 0 Å². The van der Waals surface area contributed by atoms with Crippen molar-refractivity contribution in [2.45, 2.75) is 6.92 Å². The fourth-order valence-corrected chi connectivity index (χ4v) is 2.69. The van der Waals surface area contributed by atoms with Crippen LogP contribution in [0.15, 0.2) is 47.6 Å². The van der Waals surface area contributed by atoms with Crippen LogP contribution in [0.1, 0.15) is 12.5 Å². The highest BCUT2D eigenvalue weighted by Gasteiger charge is 2.11. The first-order valence-corrected chi connectivity index (χ1v) is 8.67. The number of ether oxygens (including phenoxy) is 1. The van der Waals surface area contributed by atoms with E-state index in [0.717, 1.165) is 5.56 Å². The largest absolute Gasteiger partial charge is 0.494 e. The van der Waals surface area contributed by atoms with Crippen LogP contribution in [0.5, 0.6) is 5.75 Å². The molecule has 27 heavy (non-hydrogen) atoms. The third kappa shape index (κ3) is 4.21. The van der Waals surface area contributed by atoms with Gasteiger partial charge in [-0.1, -0.05) is 23.7 Å². The smallest absolute Gasteiger partial charge is 0.270 e. The Morgan fingerprint density at radius 1 is 1.41 bits per heavy atom. The molecular formula is C17H14ClN5O3S. The highest BCUT2D eigenvalue weighted by atomic mass is 35.5. The molecule has 0 fully saturated rings. The van der Waals surface area contributed by atoms with Gasteiger partial charge in [0, 0.05) is 28.3 Å². The number of H-pyrrole nitrogens is 1. The third-order valence-corrected chi connectivity index (χ3v) is 4.16. The number of benzene rings is 2. The maximum Gasteiger partial charge on any atom is 0.270 e. The lowest BCUT2D eigenvalue weighted by Gasteiger charge is -2.05. The van der Waals surface area contributed by atoms with Crippen LogP contribution in [0.25, 0.3) is 11.4 Å². The Bertz CT molecular complexity index is 1080. The summed E-state index contributed by atoms with van der Waals surface area (Å²) in [6, 6.07) is 11.5. The van der Waals surface area contributed by atoms with Gasteiger partial charge in [0.15, 0.2) is 5.82 Å². The van der Waals surface area contributed by atoms with Crippen LogP contribution in [0.4, 0.5) is 5.69 Å². The Morgan fingerprint density at radius 3 is 2.96 bits per heavy atom. The van der Waals surface area contributed by atoms with Crippen LogP contribution in [0, 0.1) is 14.9 Å². The van der Waals surface area contributed by atoms with Gasteiger partial charge in [0.25, 0.3) is 5.69 Å². The van der Waals surface area contributed by atoms with Gasteiger partial charge >= 0.3 is 0 Å². The number of non-ortho nitro benzene ring substituents is 1. The van der Waals surface area contributed by atoms with E-state index in [1.54, 1.807) is 0 Å². The molecule has 0 radical (unpaired) electrons. The van der Waals surface area contributed by atoms with E-state index in [-0.39, 0.29) is 10.5 Å². The predicted molar refractivity (Wildman–Crippen MR) is 105 cm³/mol. The van der Waals surface area contributed by atoms with Gasteiger partial charge in [-0.15, -0.1) is 0 Å². The van der Waals surface area contributed by atoms with E-state index in [0.29, 0.717) is 28.8 Å². The molecule has 0 spiro atoms. The summed E-state index contributed by atoms with van der Waals surface area (Å²) >= 11 is 11.3. The molecule has 0 saturated heterocycles. The number of nitrogens with one attached hydrogen (secondary N) is 1. The van der Waals surface area contributed by atoms with E-state index < -0.39 is 4.92 Å². The molecule has 1 aromatic heterocycles. The van der Waals surface area contributed by atoms with Gasteiger partial charge in [0.1, 0.15) is 5.75 Å². The first-order chi connectivity index (χ1) is 13.0. The fourth-order valence-electron chi connectivity index (χ4n) is 2.34. The topological polar surface area (TPSA) is 98.3 Å². The summed E-state index contributed by atoms with van der Waals surface area (Å²) in [4.78, 5) is 10.4. The minimum absolute atomic E-state index is 0.0821. The quantitative estimate of drug-likeness (QED) is 0.284. The maximum atomic E-state index is 10.9. The maximum absolute atomic E-state index is 10.9. The van der Waals surface area contributed by atoms with Gasteiger partial charge in [-0.3, -0.25) is 10.1 Å². The molecule has 0 amide bonds. The first-order valence-electron chi connectivity index (χ1n) is 7.88. The molecule has 0 aliphatic heterocycles. The second-order valence-electron chi connectivity index (χ2n) is 5.33. The number of nitrogens with zero attached hydrogens (tertiary/aromatic N) is 4. The van der Waals surface area contributed by atoms with Crippen molar-refractivity contribution in [3.63, 3.8) is 0 Å². The van der Waals surface area contributed by atoms with Crippen LogP contribution in [-0.2, 0) is 0 Å². The Labute approximate surface area is 164 Å². The molecule has 8 nitrogen and oxygen atoms in total. The number of rotatable bonds is 6. The van der Waals surface area contributed by atoms with Gasteiger partial charge in [-0.2, -0.15) is 14.9 Å². The van der Waals surface area contributed by atoms with Crippen molar-refractivity contribution in [2.75, 3.05) is 6.61 Å². The molecule has 1 N–H and O–H groups in total. The average Bonchev–Trinajstić information content (AvgIpc) is 3.02. The SMILES string of the molecule is CCOc1cccc(-c2n[nH]c(=S)n2/N=C/c2cc([N+](=O)[O-])ccc2Cl)c1. The minimum Gasteiger partial charge on any atom is -0.494 e. The van der Waals surface area contributed by atoms with Gasteiger partial charge in [0.05, 0.1) is 17.7 Å². The van der Waals surface area contributed by atoms with Crippen molar-refractivity contribution in [1.29, 1.82) is 0 Å². The average molecular weight is 404 g/mol. The Morgan fingerprint density at radius 2 is 2.22 bits per heavy atom. The summed E-state index contributed by atoms with van der Waals surface area (Å²) in [5.74, 6) is 1.17. The molecule has 10 heteroatoms. The molecule has 1 heterocycles. The van der Waals surface area contributed by atoms with Crippen LogP contribution < -0.4 is 4.74 Å². The number of hydrogen-bond acceptors (Lipinski definition) is 6. The Balaban J connectivity index is 2.00. The summed E-state index contributed by atoms with van der Waals surface area (Å²) in [7, 11) is 0. The molecule has 0 aliphatic carbocycles. The molecule has 0 unspecified atom stereocenters. The van der Waals surface area contributed by atoms with E-state index in [1.165, 1.54) is 29.1 Å². The van der Waals surface area contributed by atoms with Gasteiger partial charge in [-0.05, 0) is 37.3 Å². The molecule has 3 aromatic rings. The van der Waals surface area contributed by atoms with E-state index in [1.807, 2.05) is 31.2 Å². The van der Waals surface area contributed by atoms with Crippen molar-refractivity contribution in [3.8, 4) is 17.1 Å². The lowest BCUT2D eigenvalue weighted by Crippen LogP contribution is -1.97. The van der Waals surface area contributed by atoms with Gasteiger partial charge in [0.2, 0.25) is 4.77 Å². The lowest BCUT2D eigenvalue weighted by atomic mass is 10.2. The summed E-state index contributed by atoms with van der Waals surface area (Å²) in [5.41, 5.74) is 1.06. The van der Waals surface area contributed by atoms with Crippen LogP contribution in [0.2, 0.25) is 5.02 Å². The first kappa shape index (κ1) is 18.7. The van der Waals surface area contributed by atoms with Crippen molar-refractivity contribution >= 4 is 35.7 Å². The van der Waals surface area contributed by atoms with Gasteiger partial charge in [-0.25, -0.2) is 5.10 Å². The van der Waals surface area contributed by atoms with E-state index in [9.17, 15) is 10.1 Å². The molecular weight excluding hydrogens is 390 g/mol. The summed E-state index contributed by atoms with van der Waals surface area (Å²) in [6.07, 6.45) is 1.40. The molecule has 2 aromatic carbocycles. The number of nitro benzene ring substituents is 1. The molecule has 0 saturated carbocycles. The third-order valence-electron chi connectivity index (χ3n) is 3.56. The monoisotopic (exact) mass is 403 g/mol. The second-order valence-corrected chi connectivity index (χ2v) is 6.13. The van der Waals surface area contributed by atoms with Crippen molar-refractivity contribution in [2.24, 2.45) is 5.10 Å². The zero-order chi connectivity index (χ0) is 19.4. The normalized spacial score (nSPS) is 11.0. The number of halogens is 1. The number of aromatic amines is 1. The van der Waals surface area contributed by atoms with Crippen LogP contribution >= 0.6 is 23.8 Å². The number of aromatic nitrogens is 3. The summed E-state index contributed by atoms with van der Waals surface area (Å²) in [5, 5.41) is 22.5. The second kappa shape index (κ2) is 8.11. The van der Waals surface area contributed by atoms with Crippen molar-refractivity contribution < 1.29 is 9.66 Å². The van der Waals surface area contributed by atoms with Crippen molar-refractivity contribution in [3.05, 3.63) is 67.9 Å². The summed E-state index contributed by atoms with van der Waals surface area (Å²) in [6.45, 7) is 2.44. The minimum atomic E-state index is -0.498. The highest BCUT2D eigenvalue weighted by molar-refractivity contribution is 7.71. The molecule has 0 atom stereocenters. The predicted octanol–water partition coefficient (Wildman–Crippen LogP) is 4.45.